The predicted molar refractivity (Wildman–Crippen MR) is 74.2 cm³/mol. The number of nitrogens with zero attached hydrogens (tertiary/aromatic N) is 1. The molecule has 2 heteroatoms. The van der Waals surface area contributed by atoms with Gasteiger partial charge in [0, 0.05) is 12.1 Å². The maximum Gasteiger partial charge on any atom is 0.00705 e. The van der Waals surface area contributed by atoms with Crippen molar-refractivity contribution in [3.63, 3.8) is 0 Å². The Bertz CT molecular complexity index is 217. The smallest absolute Gasteiger partial charge is 0.00705 e. The van der Waals surface area contributed by atoms with Gasteiger partial charge in [0.15, 0.2) is 0 Å². The summed E-state index contributed by atoms with van der Waals surface area (Å²) in [6, 6.07) is 1.47. The zero-order chi connectivity index (χ0) is 12.3. The van der Waals surface area contributed by atoms with Gasteiger partial charge in [0.05, 0.1) is 0 Å². The summed E-state index contributed by atoms with van der Waals surface area (Å²) in [6.45, 7) is 11.0. The molecule has 2 unspecified atom stereocenters. The number of piperidine rings is 1. The van der Waals surface area contributed by atoms with Crippen molar-refractivity contribution in [2.45, 2.75) is 65.0 Å². The SMILES string of the molecule is CCCN1CCC(C(C)NC(C)C2CC2)CC1. The van der Waals surface area contributed by atoms with Gasteiger partial charge in [-0.3, -0.25) is 0 Å². The highest BCUT2D eigenvalue weighted by atomic mass is 15.1. The van der Waals surface area contributed by atoms with Crippen LogP contribution in [0.3, 0.4) is 0 Å². The van der Waals surface area contributed by atoms with E-state index in [0.29, 0.717) is 0 Å². The Kier molecular flexibility index (Phi) is 4.87. The lowest BCUT2D eigenvalue weighted by molar-refractivity contribution is 0.158. The minimum absolute atomic E-state index is 0.717. The van der Waals surface area contributed by atoms with Gasteiger partial charge in [0.2, 0.25) is 0 Å². The molecule has 2 nitrogen and oxygen atoms in total. The van der Waals surface area contributed by atoms with Gasteiger partial charge in [0.1, 0.15) is 0 Å². The standard InChI is InChI=1S/C15H30N2/c1-4-9-17-10-7-15(8-11-17)13(3)16-12(2)14-5-6-14/h12-16H,4-11H2,1-3H3. The van der Waals surface area contributed by atoms with Crippen LogP contribution in [-0.2, 0) is 0 Å². The Balaban J connectivity index is 1.68. The van der Waals surface area contributed by atoms with E-state index in [-0.39, 0.29) is 0 Å². The molecule has 0 bridgehead atoms. The van der Waals surface area contributed by atoms with Crippen molar-refractivity contribution in [2.75, 3.05) is 19.6 Å². The van der Waals surface area contributed by atoms with Crippen LogP contribution < -0.4 is 5.32 Å². The summed E-state index contributed by atoms with van der Waals surface area (Å²) < 4.78 is 0. The summed E-state index contributed by atoms with van der Waals surface area (Å²) >= 11 is 0. The lowest BCUT2D eigenvalue weighted by Gasteiger charge is -2.36. The van der Waals surface area contributed by atoms with E-state index in [4.69, 9.17) is 0 Å². The van der Waals surface area contributed by atoms with Crippen LogP contribution in [0.25, 0.3) is 0 Å². The molecule has 1 aliphatic carbocycles. The molecule has 1 heterocycles. The molecule has 2 fully saturated rings. The number of rotatable bonds is 6. The summed E-state index contributed by atoms with van der Waals surface area (Å²) in [4.78, 5) is 2.63. The van der Waals surface area contributed by atoms with Crippen LogP contribution in [0.1, 0.15) is 52.9 Å². The highest BCUT2D eigenvalue weighted by molar-refractivity contribution is 4.87. The zero-order valence-electron chi connectivity index (χ0n) is 11.9. The van der Waals surface area contributed by atoms with Crippen molar-refractivity contribution in [3.05, 3.63) is 0 Å². The van der Waals surface area contributed by atoms with E-state index in [1.54, 1.807) is 0 Å². The van der Waals surface area contributed by atoms with E-state index in [1.807, 2.05) is 0 Å². The topological polar surface area (TPSA) is 15.3 Å². The number of hydrogen-bond donors (Lipinski definition) is 1. The molecule has 100 valence electrons. The van der Waals surface area contributed by atoms with Gasteiger partial charge in [-0.2, -0.15) is 0 Å². The Morgan fingerprint density at radius 1 is 1.00 bits per heavy atom. The number of nitrogens with one attached hydrogen (secondary N) is 1. The highest BCUT2D eigenvalue weighted by Gasteiger charge is 2.31. The van der Waals surface area contributed by atoms with Crippen LogP contribution in [-0.4, -0.2) is 36.6 Å². The largest absolute Gasteiger partial charge is 0.311 e. The molecular formula is C15H30N2. The van der Waals surface area contributed by atoms with Gasteiger partial charge < -0.3 is 10.2 Å². The molecule has 2 aliphatic rings. The van der Waals surface area contributed by atoms with Crippen LogP contribution in [0.5, 0.6) is 0 Å². The van der Waals surface area contributed by atoms with E-state index in [1.165, 1.54) is 51.7 Å². The van der Waals surface area contributed by atoms with Gasteiger partial charge >= 0.3 is 0 Å². The third-order valence-electron chi connectivity index (χ3n) is 4.73. The van der Waals surface area contributed by atoms with Crippen molar-refractivity contribution in [2.24, 2.45) is 11.8 Å². The van der Waals surface area contributed by atoms with Crippen molar-refractivity contribution < 1.29 is 0 Å². The fraction of sp³-hybridized carbons (Fsp3) is 1.00. The maximum atomic E-state index is 3.84. The Morgan fingerprint density at radius 2 is 1.53 bits per heavy atom. The Morgan fingerprint density at radius 3 is 2.00 bits per heavy atom. The molecule has 0 aromatic heterocycles. The predicted octanol–water partition coefficient (Wildman–Crippen LogP) is 2.89. The number of likely N-dealkylation sites (tertiary alicyclic amines) is 1. The first-order valence-corrected chi connectivity index (χ1v) is 7.69. The van der Waals surface area contributed by atoms with Crippen LogP contribution in [0.4, 0.5) is 0 Å². The minimum atomic E-state index is 0.717. The second kappa shape index (κ2) is 6.19. The molecule has 1 saturated heterocycles. The van der Waals surface area contributed by atoms with Crippen molar-refractivity contribution >= 4 is 0 Å². The Hall–Kier alpha value is -0.0800. The lowest BCUT2D eigenvalue weighted by atomic mass is 9.89. The van der Waals surface area contributed by atoms with Crippen LogP contribution in [0.15, 0.2) is 0 Å². The number of hydrogen-bond acceptors (Lipinski definition) is 2. The highest BCUT2D eigenvalue weighted by Crippen LogP contribution is 2.33. The van der Waals surface area contributed by atoms with Crippen molar-refractivity contribution in [1.29, 1.82) is 0 Å². The third-order valence-corrected chi connectivity index (χ3v) is 4.73. The average molecular weight is 238 g/mol. The van der Waals surface area contributed by atoms with Crippen LogP contribution in [0, 0.1) is 11.8 Å². The monoisotopic (exact) mass is 238 g/mol. The third kappa shape index (κ3) is 3.96. The molecule has 1 N–H and O–H groups in total. The fourth-order valence-electron chi connectivity index (χ4n) is 3.28. The first-order valence-electron chi connectivity index (χ1n) is 7.69. The molecule has 1 saturated carbocycles. The van der Waals surface area contributed by atoms with Gasteiger partial charge in [-0.05, 0) is 77.4 Å². The lowest BCUT2D eigenvalue weighted by Crippen LogP contribution is -2.45. The summed E-state index contributed by atoms with van der Waals surface area (Å²) in [6.07, 6.45) is 7.00. The molecule has 0 radical (unpaired) electrons. The molecule has 0 spiro atoms. The molecular weight excluding hydrogens is 208 g/mol. The second-order valence-corrected chi connectivity index (χ2v) is 6.26. The Labute approximate surface area is 107 Å². The van der Waals surface area contributed by atoms with Crippen molar-refractivity contribution in [1.82, 2.24) is 10.2 Å². The summed E-state index contributed by atoms with van der Waals surface area (Å²) in [5.41, 5.74) is 0. The summed E-state index contributed by atoms with van der Waals surface area (Å²) in [5, 5.41) is 3.84. The molecule has 0 aromatic carbocycles. The molecule has 2 rings (SSSR count). The van der Waals surface area contributed by atoms with Gasteiger partial charge in [-0.1, -0.05) is 6.92 Å². The fourth-order valence-corrected chi connectivity index (χ4v) is 3.28. The normalized spacial score (nSPS) is 27.0. The first kappa shape index (κ1) is 13.4. The molecule has 2 atom stereocenters. The summed E-state index contributed by atoms with van der Waals surface area (Å²) in [5.74, 6) is 1.89. The molecule has 0 aromatic rings. The average Bonchev–Trinajstić information content (AvgIpc) is 3.14. The first-order chi connectivity index (χ1) is 8.20. The van der Waals surface area contributed by atoms with Gasteiger partial charge in [0.25, 0.3) is 0 Å². The quantitative estimate of drug-likeness (QED) is 0.765. The van der Waals surface area contributed by atoms with Crippen LogP contribution >= 0.6 is 0 Å². The molecule has 0 amide bonds. The molecule has 17 heavy (non-hydrogen) atoms. The summed E-state index contributed by atoms with van der Waals surface area (Å²) in [7, 11) is 0. The van der Waals surface area contributed by atoms with Crippen LogP contribution in [0.2, 0.25) is 0 Å². The van der Waals surface area contributed by atoms with E-state index < -0.39 is 0 Å². The van der Waals surface area contributed by atoms with Crippen molar-refractivity contribution in [3.8, 4) is 0 Å². The minimum Gasteiger partial charge on any atom is -0.311 e. The molecule has 1 aliphatic heterocycles. The van der Waals surface area contributed by atoms with Gasteiger partial charge in [-0.25, -0.2) is 0 Å². The zero-order valence-corrected chi connectivity index (χ0v) is 11.9. The maximum absolute atomic E-state index is 3.84. The second-order valence-electron chi connectivity index (χ2n) is 6.26. The van der Waals surface area contributed by atoms with E-state index in [0.717, 1.165) is 23.9 Å². The van der Waals surface area contributed by atoms with E-state index in [9.17, 15) is 0 Å². The van der Waals surface area contributed by atoms with E-state index >= 15 is 0 Å². The van der Waals surface area contributed by atoms with E-state index in [2.05, 4.69) is 31.0 Å². The van der Waals surface area contributed by atoms with Gasteiger partial charge in [-0.15, -0.1) is 0 Å².